The van der Waals surface area contributed by atoms with Crippen LogP contribution in [0.3, 0.4) is 0 Å². The van der Waals surface area contributed by atoms with Crippen molar-refractivity contribution in [3.8, 4) is 5.13 Å². The standard InChI is InChI=1S/C24H30N4OS/c1-16-21(25-24(30-16)26-9-4-5-10-26)23(29)28-12-6-7-17-13-18-14-19(22(17)28)15-27-11-3-2-8-20(18)27/h4-5,9-10,13,18-20,22H,2-3,6-8,11-12,14-15H2,1H3/t18-,19+,20+,22-/m0/s1. The summed E-state index contributed by atoms with van der Waals surface area (Å²) in [6, 6.07) is 5.02. The van der Waals surface area contributed by atoms with Crippen molar-refractivity contribution in [2.24, 2.45) is 11.8 Å². The fraction of sp³-hybridized carbons (Fsp3) is 0.583. The highest BCUT2D eigenvalue weighted by atomic mass is 32.1. The molecule has 0 unspecified atom stereocenters. The Balaban J connectivity index is 1.31. The third-order valence-corrected chi connectivity index (χ3v) is 8.72. The van der Waals surface area contributed by atoms with Crippen LogP contribution >= 0.6 is 11.3 Å². The van der Waals surface area contributed by atoms with Gasteiger partial charge in [0.2, 0.25) is 0 Å². The first-order chi connectivity index (χ1) is 14.7. The molecule has 6 heteroatoms. The lowest BCUT2D eigenvalue weighted by Gasteiger charge is -2.54. The van der Waals surface area contributed by atoms with Gasteiger partial charge < -0.3 is 9.47 Å². The molecule has 6 rings (SSSR count). The summed E-state index contributed by atoms with van der Waals surface area (Å²) in [5.74, 6) is 1.42. The van der Waals surface area contributed by atoms with Crippen LogP contribution < -0.4 is 0 Å². The van der Waals surface area contributed by atoms with Crippen molar-refractivity contribution in [2.75, 3.05) is 19.6 Å². The summed E-state index contributed by atoms with van der Waals surface area (Å²) in [5.41, 5.74) is 2.19. The van der Waals surface area contributed by atoms with Gasteiger partial charge in [0.25, 0.3) is 5.91 Å². The molecule has 4 atom stereocenters. The third-order valence-electron chi connectivity index (χ3n) is 7.73. The molecule has 4 aliphatic rings. The molecule has 3 aliphatic heterocycles. The zero-order chi connectivity index (χ0) is 20.2. The molecule has 2 bridgehead atoms. The van der Waals surface area contributed by atoms with Gasteiger partial charge in [-0.15, -0.1) is 11.3 Å². The Bertz CT molecular complexity index is 978. The number of carbonyl (C=O) groups excluding carboxylic acids is 1. The lowest BCUT2D eigenvalue weighted by Crippen LogP contribution is -2.60. The van der Waals surface area contributed by atoms with Crippen LogP contribution in [-0.4, -0.2) is 57.0 Å². The van der Waals surface area contributed by atoms with Crippen molar-refractivity contribution in [1.82, 2.24) is 19.4 Å². The van der Waals surface area contributed by atoms with E-state index in [2.05, 4.69) is 15.9 Å². The van der Waals surface area contributed by atoms with Crippen LogP contribution in [0.25, 0.3) is 5.13 Å². The number of rotatable bonds is 2. The molecule has 1 aliphatic carbocycles. The number of nitrogens with zero attached hydrogens (tertiary/aromatic N) is 4. The molecule has 30 heavy (non-hydrogen) atoms. The molecular weight excluding hydrogens is 392 g/mol. The van der Waals surface area contributed by atoms with E-state index in [-0.39, 0.29) is 11.9 Å². The number of likely N-dealkylation sites (tertiary alicyclic amines) is 1. The quantitative estimate of drug-likeness (QED) is 0.679. The van der Waals surface area contributed by atoms with Gasteiger partial charge in [-0.1, -0.05) is 18.1 Å². The lowest BCUT2D eigenvalue weighted by atomic mass is 9.68. The predicted octanol–water partition coefficient (Wildman–Crippen LogP) is 4.28. The Labute approximate surface area is 182 Å². The second-order valence-electron chi connectivity index (χ2n) is 9.50. The number of thiazole rings is 1. The zero-order valence-electron chi connectivity index (χ0n) is 17.7. The van der Waals surface area contributed by atoms with Crippen molar-refractivity contribution in [3.63, 3.8) is 0 Å². The maximum absolute atomic E-state index is 13.7. The number of aryl methyl sites for hydroxylation is 1. The molecule has 5 heterocycles. The Hall–Kier alpha value is -1.92. The highest BCUT2D eigenvalue weighted by Gasteiger charge is 2.47. The van der Waals surface area contributed by atoms with Gasteiger partial charge in [0.05, 0.1) is 6.04 Å². The molecule has 3 fully saturated rings. The first-order valence-electron chi connectivity index (χ1n) is 11.6. The van der Waals surface area contributed by atoms with Crippen molar-refractivity contribution < 1.29 is 4.79 Å². The predicted molar refractivity (Wildman–Crippen MR) is 119 cm³/mol. The molecule has 3 saturated heterocycles. The average Bonchev–Trinajstić information content (AvgIpc) is 3.43. The molecule has 5 nitrogen and oxygen atoms in total. The molecular formula is C24H30N4OS. The van der Waals surface area contributed by atoms with Crippen LogP contribution in [-0.2, 0) is 0 Å². The Kier molecular flexibility index (Phi) is 4.61. The third kappa shape index (κ3) is 2.99. The average molecular weight is 423 g/mol. The van der Waals surface area contributed by atoms with E-state index >= 15 is 0 Å². The van der Waals surface area contributed by atoms with E-state index in [4.69, 9.17) is 4.98 Å². The van der Waals surface area contributed by atoms with Gasteiger partial charge in [0, 0.05) is 36.4 Å². The molecule has 0 spiro atoms. The van der Waals surface area contributed by atoms with E-state index in [1.54, 1.807) is 16.9 Å². The highest BCUT2D eigenvalue weighted by Crippen LogP contribution is 2.45. The van der Waals surface area contributed by atoms with E-state index in [1.807, 2.05) is 36.0 Å². The maximum atomic E-state index is 13.7. The second-order valence-corrected chi connectivity index (χ2v) is 10.7. The van der Waals surface area contributed by atoms with Gasteiger partial charge in [-0.3, -0.25) is 9.69 Å². The van der Waals surface area contributed by atoms with Crippen molar-refractivity contribution in [2.45, 2.75) is 57.5 Å². The number of hydrogen-bond donors (Lipinski definition) is 0. The number of amides is 1. The van der Waals surface area contributed by atoms with Gasteiger partial charge in [-0.05, 0) is 69.5 Å². The maximum Gasteiger partial charge on any atom is 0.274 e. The van der Waals surface area contributed by atoms with Crippen LogP contribution in [0.5, 0.6) is 0 Å². The minimum atomic E-state index is 0.136. The second kappa shape index (κ2) is 7.34. The summed E-state index contributed by atoms with van der Waals surface area (Å²) in [5, 5.41) is 0.881. The van der Waals surface area contributed by atoms with Crippen LogP contribution in [0.2, 0.25) is 0 Å². The minimum absolute atomic E-state index is 0.136. The van der Waals surface area contributed by atoms with Crippen molar-refractivity contribution >= 4 is 17.2 Å². The van der Waals surface area contributed by atoms with E-state index in [0.29, 0.717) is 17.5 Å². The van der Waals surface area contributed by atoms with Gasteiger partial charge in [0.1, 0.15) is 5.69 Å². The molecule has 0 radical (unpaired) electrons. The van der Waals surface area contributed by atoms with E-state index in [1.165, 1.54) is 38.6 Å². The summed E-state index contributed by atoms with van der Waals surface area (Å²) in [6.07, 6.45) is 14.1. The SMILES string of the molecule is Cc1sc(-n2cccc2)nc1C(=O)N1CCCC2=C[C@H]3C[C@H](CN4CCCC[C@H]34)[C@H]21. The number of piperidine rings is 3. The molecule has 1 amide bonds. The fourth-order valence-electron chi connectivity index (χ4n) is 6.49. The first-order valence-corrected chi connectivity index (χ1v) is 12.4. The van der Waals surface area contributed by atoms with Gasteiger partial charge in [-0.25, -0.2) is 4.98 Å². The zero-order valence-corrected chi connectivity index (χ0v) is 18.5. The number of fused-ring (bicyclic) bond motifs is 6. The molecule has 0 saturated carbocycles. The Morgan fingerprint density at radius 2 is 2.03 bits per heavy atom. The number of hydrogen-bond acceptors (Lipinski definition) is 4. The largest absolute Gasteiger partial charge is 0.330 e. The molecule has 0 N–H and O–H groups in total. The Morgan fingerprint density at radius 1 is 1.17 bits per heavy atom. The van der Waals surface area contributed by atoms with Crippen molar-refractivity contribution in [3.05, 3.63) is 46.7 Å². The summed E-state index contributed by atoms with van der Waals surface area (Å²) >= 11 is 1.61. The first kappa shape index (κ1) is 18.8. The van der Waals surface area contributed by atoms with Crippen LogP contribution in [0, 0.1) is 18.8 Å². The molecule has 0 aromatic carbocycles. The van der Waals surface area contributed by atoms with E-state index < -0.39 is 0 Å². The highest BCUT2D eigenvalue weighted by molar-refractivity contribution is 7.14. The lowest BCUT2D eigenvalue weighted by molar-refractivity contribution is 0.00131. The van der Waals surface area contributed by atoms with Crippen LogP contribution in [0.4, 0.5) is 0 Å². The smallest absolute Gasteiger partial charge is 0.274 e. The summed E-state index contributed by atoms with van der Waals surface area (Å²) < 4.78 is 2.00. The number of aromatic nitrogens is 2. The van der Waals surface area contributed by atoms with Gasteiger partial charge >= 0.3 is 0 Å². The van der Waals surface area contributed by atoms with Crippen LogP contribution in [0.1, 0.15) is 53.9 Å². The van der Waals surface area contributed by atoms with E-state index in [0.717, 1.165) is 35.6 Å². The summed E-state index contributed by atoms with van der Waals surface area (Å²) in [6.45, 7) is 5.31. The van der Waals surface area contributed by atoms with Gasteiger partial charge in [-0.2, -0.15) is 0 Å². The summed E-state index contributed by atoms with van der Waals surface area (Å²) in [7, 11) is 0. The number of carbonyl (C=O) groups is 1. The fourth-order valence-corrected chi connectivity index (χ4v) is 7.36. The topological polar surface area (TPSA) is 41.4 Å². The minimum Gasteiger partial charge on any atom is -0.330 e. The van der Waals surface area contributed by atoms with E-state index in [9.17, 15) is 4.79 Å². The van der Waals surface area contributed by atoms with Gasteiger partial charge in [0.15, 0.2) is 5.13 Å². The molecule has 2 aromatic rings. The van der Waals surface area contributed by atoms with Crippen LogP contribution in [0.15, 0.2) is 36.2 Å². The van der Waals surface area contributed by atoms with Crippen molar-refractivity contribution in [1.29, 1.82) is 0 Å². The monoisotopic (exact) mass is 422 g/mol. The Morgan fingerprint density at radius 3 is 2.90 bits per heavy atom. The molecule has 158 valence electrons. The summed E-state index contributed by atoms with van der Waals surface area (Å²) in [4.78, 5) is 24.4. The molecule has 2 aromatic heterocycles. The normalized spacial score (nSPS) is 31.1.